The maximum absolute atomic E-state index is 12.2. The Labute approximate surface area is 159 Å². The zero-order chi connectivity index (χ0) is 18.9. The monoisotopic (exact) mass is 373 g/mol. The highest BCUT2D eigenvalue weighted by molar-refractivity contribution is 6.31. The van der Waals surface area contributed by atoms with E-state index >= 15 is 0 Å². The number of benzene rings is 2. The molecule has 0 bridgehead atoms. The Kier molecular flexibility index (Phi) is 7.54. The largest absolute Gasteiger partial charge is 0.490 e. The zero-order valence-electron chi connectivity index (χ0n) is 15.3. The molecule has 0 saturated carbocycles. The smallest absolute Gasteiger partial charge is 0.248 e. The van der Waals surface area contributed by atoms with Gasteiger partial charge < -0.3 is 14.8 Å². The van der Waals surface area contributed by atoms with Gasteiger partial charge in [-0.3, -0.25) is 4.79 Å². The molecule has 2 aromatic rings. The number of anilines is 1. The van der Waals surface area contributed by atoms with Crippen molar-refractivity contribution < 1.29 is 14.3 Å². The molecule has 4 nitrogen and oxygen atoms in total. The molecule has 0 heterocycles. The number of aryl methyl sites for hydroxylation is 1. The van der Waals surface area contributed by atoms with E-state index in [4.69, 9.17) is 21.1 Å². The fourth-order valence-electron chi connectivity index (χ4n) is 2.30. The standard InChI is InChI=1S/C21H24ClNO3/c1-4-12-26-19-10-7-16(13-20(19)25-5-2)8-11-21(24)23-18-14-17(22)9-6-15(18)3/h6-11,13-14H,4-5,12H2,1-3H3,(H,23,24)/b11-8+. The number of carbonyl (C=O) groups excluding carboxylic acids is 1. The van der Waals surface area contributed by atoms with E-state index < -0.39 is 0 Å². The van der Waals surface area contributed by atoms with E-state index in [9.17, 15) is 4.79 Å². The molecule has 0 spiro atoms. The van der Waals surface area contributed by atoms with Gasteiger partial charge in [-0.1, -0.05) is 30.7 Å². The predicted octanol–water partition coefficient (Wildman–Crippen LogP) is 5.49. The normalized spacial score (nSPS) is 10.8. The molecule has 0 atom stereocenters. The first-order chi connectivity index (χ1) is 12.5. The van der Waals surface area contributed by atoms with E-state index in [2.05, 4.69) is 12.2 Å². The molecule has 0 aliphatic heterocycles. The fraction of sp³-hybridized carbons (Fsp3) is 0.286. The highest BCUT2D eigenvalue weighted by Gasteiger charge is 2.06. The molecule has 0 aliphatic carbocycles. The van der Waals surface area contributed by atoms with Crippen molar-refractivity contribution in [1.29, 1.82) is 0 Å². The number of hydrogen-bond acceptors (Lipinski definition) is 3. The number of carbonyl (C=O) groups is 1. The Morgan fingerprint density at radius 1 is 1.12 bits per heavy atom. The van der Waals surface area contributed by atoms with Crippen molar-refractivity contribution in [2.75, 3.05) is 18.5 Å². The van der Waals surface area contributed by atoms with Gasteiger partial charge in [-0.15, -0.1) is 0 Å². The van der Waals surface area contributed by atoms with E-state index in [-0.39, 0.29) is 5.91 Å². The van der Waals surface area contributed by atoms with Gasteiger partial charge in [0, 0.05) is 16.8 Å². The number of nitrogens with one attached hydrogen (secondary N) is 1. The van der Waals surface area contributed by atoms with E-state index in [0.29, 0.717) is 35.4 Å². The third-order valence-corrected chi connectivity index (χ3v) is 3.85. The summed E-state index contributed by atoms with van der Waals surface area (Å²) in [5.41, 5.74) is 2.51. The van der Waals surface area contributed by atoms with E-state index in [1.807, 2.05) is 38.1 Å². The molecule has 2 rings (SSSR count). The minimum absolute atomic E-state index is 0.223. The Balaban J connectivity index is 2.09. The van der Waals surface area contributed by atoms with Crippen LogP contribution in [0, 0.1) is 6.92 Å². The maximum Gasteiger partial charge on any atom is 0.248 e. The van der Waals surface area contributed by atoms with Gasteiger partial charge in [0.15, 0.2) is 11.5 Å². The first-order valence-electron chi connectivity index (χ1n) is 8.68. The molecule has 0 fully saturated rings. The predicted molar refractivity (Wildman–Crippen MR) is 107 cm³/mol. The summed E-state index contributed by atoms with van der Waals surface area (Å²) in [4.78, 5) is 12.2. The van der Waals surface area contributed by atoms with Gasteiger partial charge in [-0.05, 0) is 61.7 Å². The Bertz CT molecular complexity index is 787. The van der Waals surface area contributed by atoms with Crippen LogP contribution in [0.5, 0.6) is 11.5 Å². The van der Waals surface area contributed by atoms with Gasteiger partial charge in [0.05, 0.1) is 13.2 Å². The lowest BCUT2D eigenvalue weighted by Gasteiger charge is -2.12. The Morgan fingerprint density at radius 3 is 2.65 bits per heavy atom. The average Bonchev–Trinajstić information content (AvgIpc) is 2.62. The highest BCUT2D eigenvalue weighted by atomic mass is 35.5. The van der Waals surface area contributed by atoms with Gasteiger partial charge in [-0.2, -0.15) is 0 Å². The second kappa shape index (κ2) is 9.88. The van der Waals surface area contributed by atoms with Crippen LogP contribution in [0.2, 0.25) is 5.02 Å². The van der Waals surface area contributed by atoms with Crippen LogP contribution in [0.25, 0.3) is 6.08 Å². The topological polar surface area (TPSA) is 47.6 Å². The lowest BCUT2D eigenvalue weighted by atomic mass is 10.1. The van der Waals surface area contributed by atoms with Gasteiger partial charge in [0.2, 0.25) is 5.91 Å². The molecule has 0 saturated heterocycles. The molecule has 26 heavy (non-hydrogen) atoms. The summed E-state index contributed by atoms with van der Waals surface area (Å²) in [5, 5.41) is 3.42. The van der Waals surface area contributed by atoms with Crippen LogP contribution in [-0.4, -0.2) is 19.1 Å². The molecule has 1 amide bonds. The first kappa shape index (κ1) is 19.9. The highest BCUT2D eigenvalue weighted by Crippen LogP contribution is 2.29. The van der Waals surface area contributed by atoms with Crippen LogP contribution < -0.4 is 14.8 Å². The van der Waals surface area contributed by atoms with E-state index in [0.717, 1.165) is 17.5 Å². The number of rotatable bonds is 8. The average molecular weight is 374 g/mol. The lowest BCUT2D eigenvalue weighted by Crippen LogP contribution is -2.08. The molecular formula is C21H24ClNO3. The third-order valence-electron chi connectivity index (χ3n) is 3.61. The fourth-order valence-corrected chi connectivity index (χ4v) is 2.48. The molecule has 0 radical (unpaired) electrons. The van der Waals surface area contributed by atoms with Gasteiger partial charge in [0.1, 0.15) is 0 Å². The van der Waals surface area contributed by atoms with Crippen LogP contribution in [0.4, 0.5) is 5.69 Å². The van der Waals surface area contributed by atoms with Gasteiger partial charge in [-0.25, -0.2) is 0 Å². The van der Waals surface area contributed by atoms with Gasteiger partial charge in [0.25, 0.3) is 0 Å². The van der Waals surface area contributed by atoms with Crippen molar-refractivity contribution in [2.24, 2.45) is 0 Å². The summed E-state index contributed by atoms with van der Waals surface area (Å²) in [7, 11) is 0. The van der Waals surface area contributed by atoms with Crippen LogP contribution >= 0.6 is 11.6 Å². The van der Waals surface area contributed by atoms with Crippen molar-refractivity contribution >= 4 is 29.3 Å². The van der Waals surface area contributed by atoms with Crippen molar-refractivity contribution in [3.63, 3.8) is 0 Å². The molecule has 1 N–H and O–H groups in total. The zero-order valence-corrected chi connectivity index (χ0v) is 16.1. The second-order valence-electron chi connectivity index (χ2n) is 5.77. The Morgan fingerprint density at radius 2 is 1.92 bits per heavy atom. The molecule has 138 valence electrons. The van der Waals surface area contributed by atoms with E-state index in [1.54, 1.807) is 18.2 Å². The summed E-state index contributed by atoms with van der Waals surface area (Å²) in [6.07, 6.45) is 4.15. The number of hydrogen-bond donors (Lipinski definition) is 1. The summed E-state index contributed by atoms with van der Waals surface area (Å²) in [6.45, 7) is 7.07. The van der Waals surface area contributed by atoms with Gasteiger partial charge >= 0.3 is 0 Å². The summed E-state index contributed by atoms with van der Waals surface area (Å²) >= 11 is 5.98. The quantitative estimate of drug-likeness (QED) is 0.622. The van der Waals surface area contributed by atoms with Crippen molar-refractivity contribution in [1.82, 2.24) is 0 Å². The van der Waals surface area contributed by atoms with Crippen LogP contribution in [0.3, 0.4) is 0 Å². The number of ether oxygens (including phenoxy) is 2. The van der Waals surface area contributed by atoms with E-state index in [1.165, 1.54) is 6.08 Å². The molecule has 0 unspecified atom stereocenters. The summed E-state index contributed by atoms with van der Waals surface area (Å²) < 4.78 is 11.3. The Hall–Kier alpha value is -2.46. The van der Waals surface area contributed by atoms with Crippen LogP contribution in [0.15, 0.2) is 42.5 Å². The maximum atomic E-state index is 12.2. The SMILES string of the molecule is CCCOc1ccc(/C=C/C(=O)Nc2cc(Cl)ccc2C)cc1OCC. The number of amides is 1. The minimum atomic E-state index is -0.223. The molecule has 2 aromatic carbocycles. The van der Waals surface area contributed by atoms with Crippen LogP contribution in [0.1, 0.15) is 31.4 Å². The van der Waals surface area contributed by atoms with Crippen LogP contribution in [-0.2, 0) is 4.79 Å². The minimum Gasteiger partial charge on any atom is -0.490 e. The molecular weight excluding hydrogens is 350 g/mol. The number of halogens is 1. The van der Waals surface area contributed by atoms with Crippen molar-refractivity contribution in [3.8, 4) is 11.5 Å². The molecule has 5 heteroatoms. The molecule has 0 aliphatic rings. The lowest BCUT2D eigenvalue weighted by molar-refractivity contribution is -0.111. The summed E-state index contributed by atoms with van der Waals surface area (Å²) in [5.74, 6) is 1.17. The second-order valence-corrected chi connectivity index (χ2v) is 6.21. The summed E-state index contributed by atoms with van der Waals surface area (Å²) in [6, 6.07) is 11.0. The first-order valence-corrected chi connectivity index (χ1v) is 9.06. The molecule has 0 aromatic heterocycles. The third kappa shape index (κ3) is 5.81. The van der Waals surface area contributed by atoms with Crippen molar-refractivity contribution in [2.45, 2.75) is 27.2 Å². The van der Waals surface area contributed by atoms with Crippen molar-refractivity contribution in [3.05, 3.63) is 58.6 Å².